The quantitative estimate of drug-likeness (QED) is 0.767. The first-order chi connectivity index (χ1) is 12.4. The summed E-state index contributed by atoms with van der Waals surface area (Å²) in [5.74, 6) is 0.0649. The Hall–Kier alpha value is -2.69. The lowest BCUT2D eigenvalue weighted by Crippen LogP contribution is -2.23. The standard InChI is InChI=1S/C21H26N4O/c1-13-8-6-7-9-17(13)12-22-19(26)11-10-18-14(2)20-16(4)24-25(5)21(20)23-15(18)3/h6-9H,10-12H2,1-5H3,(H,22,26). The number of aryl methyl sites for hydroxylation is 5. The first-order valence-electron chi connectivity index (χ1n) is 8.99. The second kappa shape index (κ2) is 7.28. The highest BCUT2D eigenvalue weighted by Gasteiger charge is 2.16. The summed E-state index contributed by atoms with van der Waals surface area (Å²) in [7, 11) is 1.92. The number of amides is 1. The van der Waals surface area contributed by atoms with Crippen LogP contribution in [0.4, 0.5) is 0 Å². The number of carbonyl (C=O) groups excluding carboxylic acids is 1. The Labute approximate surface area is 154 Å². The molecule has 1 amide bonds. The minimum absolute atomic E-state index is 0.0649. The van der Waals surface area contributed by atoms with Crippen molar-refractivity contribution in [2.75, 3.05) is 0 Å². The molecule has 3 rings (SSSR count). The zero-order valence-electron chi connectivity index (χ0n) is 16.2. The van der Waals surface area contributed by atoms with Crippen LogP contribution in [0.1, 0.15) is 40.1 Å². The van der Waals surface area contributed by atoms with Gasteiger partial charge in [-0.2, -0.15) is 5.10 Å². The summed E-state index contributed by atoms with van der Waals surface area (Å²) < 4.78 is 1.82. The number of pyridine rings is 1. The molecule has 3 aromatic rings. The van der Waals surface area contributed by atoms with Crippen LogP contribution in [0, 0.1) is 27.7 Å². The molecule has 0 spiro atoms. The van der Waals surface area contributed by atoms with Gasteiger partial charge in [-0.3, -0.25) is 9.48 Å². The molecule has 0 saturated carbocycles. The summed E-state index contributed by atoms with van der Waals surface area (Å²) in [4.78, 5) is 17.0. The van der Waals surface area contributed by atoms with Gasteiger partial charge in [0.1, 0.15) is 0 Å². The first-order valence-corrected chi connectivity index (χ1v) is 8.99. The third-order valence-corrected chi connectivity index (χ3v) is 5.07. The van der Waals surface area contributed by atoms with Gasteiger partial charge < -0.3 is 5.32 Å². The van der Waals surface area contributed by atoms with Crippen LogP contribution in [-0.2, 0) is 24.8 Å². The topological polar surface area (TPSA) is 59.8 Å². The molecule has 2 heterocycles. The normalized spacial score (nSPS) is 11.1. The molecule has 0 bridgehead atoms. The summed E-state index contributed by atoms with van der Waals surface area (Å²) in [6.07, 6.45) is 1.15. The second-order valence-electron chi connectivity index (χ2n) is 6.91. The zero-order chi connectivity index (χ0) is 18.8. The summed E-state index contributed by atoms with van der Waals surface area (Å²) in [5, 5.41) is 8.61. The molecule has 0 saturated heterocycles. The van der Waals surface area contributed by atoms with E-state index in [1.54, 1.807) is 0 Å². The highest BCUT2D eigenvalue weighted by atomic mass is 16.1. The zero-order valence-corrected chi connectivity index (χ0v) is 16.2. The lowest BCUT2D eigenvalue weighted by molar-refractivity contribution is -0.121. The number of fused-ring (bicyclic) bond motifs is 1. The van der Waals surface area contributed by atoms with Crippen molar-refractivity contribution >= 4 is 16.9 Å². The number of nitrogens with one attached hydrogen (secondary N) is 1. The SMILES string of the molecule is Cc1ccccc1CNC(=O)CCc1c(C)nc2c(c(C)nn2C)c1C. The van der Waals surface area contributed by atoms with Crippen molar-refractivity contribution in [1.82, 2.24) is 20.1 Å². The summed E-state index contributed by atoms with van der Waals surface area (Å²) in [5.41, 5.74) is 7.56. The molecule has 1 aromatic carbocycles. The fourth-order valence-corrected chi connectivity index (χ4v) is 3.56. The van der Waals surface area contributed by atoms with Gasteiger partial charge >= 0.3 is 0 Å². The molecule has 0 radical (unpaired) electrons. The lowest BCUT2D eigenvalue weighted by atomic mass is 9.99. The van der Waals surface area contributed by atoms with E-state index in [1.165, 1.54) is 11.1 Å². The summed E-state index contributed by atoms with van der Waals surface area (Å²) >= 11 is 0. The van der Waals surface area contributed by atoms with Gasteiger partial charge in [0.05, 0.1) is 5.69 Å². The monoisotopic (exact) mass is 350 g/mol. The van der Waals surface area contributed by atoms with Crippen molar-refractivity contribution in [3.8, 4) is 0 Å². The Balaban J connectivity index is 1.70. The van der Waals surface area contributed by atoms with Crippen LogP contribution in [-0.4, -0.2) is 20.7 Å². The van der Waals surface area contributed by atoms with Crippen molar-refractivity contribution in [1.29, 1.82) is 0 Å². The van der Waals surface area contributed by atoms with E-state index >= 15 is 0 Å². The van der Waals surface area contributed by atoms with Crippen LogP contribution >= 0.6 is 0 Å². The Bertz CT molecular complexity index is 972. The third kappa shape index (κ3) is 3.47. The number of aromatic nitrogens is 3. The van der Waals surface area contributed by atoms with E-state index in [2.05, 4.69) is 30.3 Å². The van der Waals surface area contributed by atoms with Gasteiger partial charge in [-0.05, 0) is 56.4 Å². The van der Waals surface area contributed by atoms with Crippen molar-refractivity contribution in [3.05, 3.63) is 57.9 Å². The highest BCUT2D eigenvalue weighted by Crippen LogP contribution is 2.25. The molecule has 0 fully saturated rings. The van der Waals surface area contributed by atoms with Crippen LogP contribution in [0.15, 0.2) is 24.3 Å². The third-order valence-electron chi connectivity index (χ3n) is 5.07. The van der Waals surface area contributed by atoms with Crippen molar-refractivity contribution < 1.29 is 4.79 Å². The number of benzene rings is 1. The molecule has 0 aliphatic carbocycles. The fourth-order valence-electron chi connectivity index (χ4n) is 3.56. The van der Waals surface area contributed by atoms with E-state index in [4.69, 9.17) is 4.98 Å². The van der Waals surface area contributed by atoms with E-state index in [0.29, 0.717) is 19.4 Å². The molecule has 0 unspecified atom stereocenters. The van der Waals surface area contributed by atoms with E-state index < -0.39 is 0 Å². The largest absolute Gasteiger partial charge is 0.352 e. The van der Waals surface area contributed by atoms with Gasteiger partial charge in [0.2, 0.25) is 5.91 Å². The number of hydrogen-bond donors (Lipinski definition) is 1. The van der Waals surface area contributed by atoms with Crippen LogP contribution in [0.2, 0.25) is 0 Å². The van der Waals surface area contributed by atoms with Crippen LogP contribution in [0.25, 0.3) is 11.0 Å². The number of hydrogen-bond acceptors (Lipinski definition) is 3. The molecular weight excluding hydrogens is 324 g/mol. The van der Waals surface area contributed by atoms with E-state index in [9.17, 15) is 4.79 Å². The molecule has 26 heavy (non-hydrogen) atoms. The van der Waals surface area contributed by atoms with Crippen molar-refractivity contribution in [3.63, 3.8) is 0 Å². The Morgan fingerprint density at radius 3 is 2.58 bits per heavy atom. The van der Waals surface area contributed by atoms with Crippen molar-refractivity contribution in [2.24, 2.45) is 7.05 Å². The smallest absolute Gasteiger partial charge is 0.220 e. The molecule has 0 atom stereocenters. The van der Waals surface area contributed by atoms with E-state index in [0.717, 1.165) is 33.5 Å². The highest BCUT2D eigenvalue weighted by molar-refractivity contribution is 5.84. The summed E-state index contributed by atoms with van der Waals surface area (Å²) in [6, 6.07) is 8.12. The van der Waals surface area contributed by atoms with Gasteiger partial charge in [0.25, 0.3) is 0 Å². The molecule has 5 heteroatoms. The molecule has 5 nitrogen and oxygen atoms in total. The molecule has 136 valence electrons. The maximum Gasteiger partial charge on any atom is 0.220 e. The van der Waals surface area contributed by atoms with Gasteiger partial charge in [-0.1, -0.05) is 24.3 Å². The molecule has 0 aliphatic heterocycles. The van der Waals surface area contributed by atoms with Gasteiger partial charge in [-0.15, -0.1) is 0 Å². The number of nitrogens with zero attached hydrogens (tertiary/aromatic N) is 3. The molecule has 1 N–H and O–H groups in total. The minimum Gasteiger partial charge on any atom is -0.352 e. The molecular formula is C21H26N4O. The van der Waals surface area contributed by atoms with Gasteiger partial charge in [0, 0.05) is 31.1 Å². The molecule has 2 aromatic heterocycles. The maximum atomic E-state index is 12.3. The Kier molecular flexibility index (Phi) is 5.07. The van der Waals surface area contributed by atoms with Crippen LogP contribution < -0.4 is 5.32 Å². The number of carbonyl (C=O) groups is 1. The second-order valence-corrected chi connectivity index (χ2v) is 6.91. The minimum atomic E-state index is 0.0649. The molecule has 0 aliphatic rings. The maximum absolute atomic E-state index is 12.3. The van der Waals surface area contributed by atoms with Crippen LogP contribution in [0.5, 0.6) is 0 Å². The number of rotatable bonds is 5. The average Bonchev–Trinajstić information content (AvgIpc) is 2.87. The Morgan fingerprint density at radius 2 is 1.85 bits per heavy atom. The van der Waals surface area contributed by atoms with E-state index in [1.807, 2.05) is 43.8 Å². The predicted molar refractivity (Wildman–Crippen MR) is 104 cm³/mol. The fraction of sp³-hybridized carbons (Fsp3) is 0.381. The van der Waals surface area contributed by atoms with Gasteiger partial charge in [0.15, 0.2) is 5.65 Å². The summed E-state index contributed by atoms with van der Waals surface area (Å²) in [6.45, 7) is 8.75. The van der Waals surface area contributed by atoms with Crippen molar-refractivity contribution in [2.45, 2.75) is 47.1 Å². The predicted octanol–water partition coefficient (Wildman–Crippen LogP) is 3.45. The van der Waals surface area contributed by atoms with E-state index in [-0.39, 0.29) is 5.91 Å². The average molecular weight is 350 g/mol. The Morgan fingerprint density at radius 1 is 1.12 bits per heavy atom. The van der Waals surface area contributed by atoms with Gasteiger partial charge in [-0.25, -0.2) is 4.98 Å². The first kappa shape index (κ1) is 18.1. The lowest BCUT2D eigenvalue weighted by Gasteiger charge is -2.12. The van der Waals surface area contributed by atoms with Crippen LogP contribution in [0.3, 0.4) is 0 Å².